The van der Waals surface area contributed by atoms with Crippen LogP contribution in [-0.2, 0) is 21.2 Å². The van der Waals surface area contributed by atoms with E-state index in [0.717, 1.165) is 16.9 Å². The Morgan fingerprint density at radius 2 is 1.91 bits per heavy atom. The maximum absolute atomic E-state index is 13.4. The number of fused-ring (bicyclic) bond motifs is 1. The van der Waals surface area contributed by atoms with Gasteiger partial charge in [0, 0.05) is 11.6 Å². The van der Waals surface area contributed by atoms with Crippen LogP contribution in [0.3, 0.4) is 0 Å². The second-order valence-electron chi connectivity index (χ2n) is 7.35. The van der Waals surface area contributed by atoms with E-state index in [1.165, 1.54) is 16.4 Å². The van der Waals surface area contributed by atoms with Crippen LogP contribution in [0.1, 0.15) is 39.4 Å². The molecule has 0 radical (unpaired) electrons. The predicted octanol–water partition coefficient (Wildman–Crippen LogP) is 4.32. The topological polar surface area (TPSA) is 92.8 Å². The summed E-state index contributed by atoms with van der Waals surface area (Å²) in [5.41, 5.74) is 1.85. The molecule has 0 saturated carbocycles. The average Bonchev–Trinajstić information content (AvgIpc) is 3.37. The van der Waals surface area contributed by atoms with E-state index in [1.807, 2.05) is 25.1 Å². The van der Waals surface area contributed by atoms with Crippen molar-refractivity contribution >= 4 is 43.9 Å². The first-order valence-corrected chi connectivity index (χ1v) is 12.4. The average molecular weight is 471 g/mol. The van der Waals surface area contributed by atoms with Crippen LogP contribution in [0.25, 0.3) is 0 Å². The van der Waals surface area contributed by atoms with E-state index >= 15 is 0 Å². The number of anilines is 2. The van der Waals surface area contributed by atoms with Crippen LogP contribution < -0.4 is 9.62 Å². The highest BCUT2D eigenvalue weighted by molar-refractivity contribution is 7.92. The number of nitrogens with zero attached hydrogens (tertiary/aromatic N) is 1. The van der Waals surface area contributed by atoms with E-state index in [2.05, 4.69) is 5.32 Å². The number of thiophene rings is 1. The summed E-state index contributed by atoms with van der Waals surface area (Å²) in [5, 5.41) is 3.18. The molecule has 1 aliphatic heterocycles. The predicted molar refractivity (Wildman–Crippen MR) is 124 cm³/mol. The van der Waals surface area contributed by atoms with Gasteiger partial charge >= 0.3 is 5.97 Å². The molecule has 0 unspecified atom stereocenters. The molecule has 0 fully saturated rings. The Morgan fingerprint density at radius 3 is 2.69 bits per heavy atom. The number of carbonyl (C=O) groups is 2. The fraction of sp³-hybridized carbons (Fsp3) is 0.217. The van der Waals surface area contributed by atoms with Crippen LogP contribution >= 0.6 is 11.3 Å². The molecule has 1 atom stereocenters. The highest BCUT2D eigenvalue weighted by Gasteiger charge is 2.36. The number of esters is 1. The van der Waals surface area contributed by atoms with Gasteiger partial charge in [0.05, 0.1) is 22.2 Å². The minimum Gasteiger partial charge on any atom is -0.462 e. The Hall–Kier alpha value is -3.17. The van der Waals surface area contributed by atoms with E-state index in [0.29, 0.717) is 22.0 Å². The first-order chi connectivity index (χ1) is 15.3. The lowest BCUT2D eigenvalue weighted by Crippen LogP contribution is -2.35. The van der Waals surface area contributed by atoms with Gasteiger partial charge in [0.1, 0.15) is 4.88 Å². The summed E-state index contributed by atoms with van der Waals surface area (Å²) in [4.78, 5) is 25.0. The van der Waals surface area contributed by atoms with Crippen LogP contribution in [0.4, 0.5) is 10.7 Å². The van der Waals surface area contributed by atoms with Crippen molar-refractivity contribution in [3.63, 3.8) is 0 Å². The molecule has 2 heterocycles. The van der Waals surface area contributed by atoms with Crippen molar-refractivity contribution < 1.29 is 22.7 Å². The highest BCUT2D eigenvalue weighted by Crippen LogP contribution is 2.36. The van der Waals surface area contributed by atoms with Gasteiger partial charge in [0.25, 0.3) is 15.9 Å². The van der Waals surface area contributed by atoms with Crippen molar-refractivity contribution in [3.05, 3.63) is 76.7 Å². The molecule has 32 heavy (non-hydrogen) atoms. The van der Waals surface area contributed by atoms with E-state index in [-0.39, 0.29) is 23.1 Å². The number of rotatable bonds is 6. The summed E-state index contributed by atoms with van der Waals surface area (Å²) in [6.07, 6.45) is 0.636. The molecule has 3 aromatic rings. The molecular weight excluding hydrogens is 448 g/mol. The largest absolute Gasteiger partial charge is 0.462 e. The van der Waals surface area contributed by atoms with E-state index in [1.54, 1.807) is 37.3 Å². The van der Waals surface area contributed by atoms with Crippen LogP contribution in [0.15, 0.2) is 65.6 Å². The van der Waals surface area contributed by atoms with Gasteiger partial charge in [-0.2, -0.15) is 0 Å². The van der Waals surface area contributed by atoms with Crippen LogP contribution in [0, 0.1) is 0 Å². The van der Waals surface area contributed by atoms with Crippen molar-refractivity contribution in [2.45, 2.75) is 31.2 Å². The molecule has 0 spiro atoms. The van der Waals surface area contributed by atoms with E-state index < -0.39 is 21.9 Å². The third-order valence-corrected chi connectivity index (χ3v) is 8.02. The first-order valence-electron chi connectivity index (χ1n) is 10.1. The lowest BCUT2D eigenvalue weighted by Gasteiger charge is -2.24. The number of hydrogen-bond acceptors (Lipinski definition) is 6. The van der Waals surface area contributed by atoms with Gasteiger partial charge in [-0.15, -0.1) is 11.3 Å². The number of hydrogen-bond donors (Lipinski definition) is 1. The molecule has 2 aromatic carbocycles. The van der Waals surface area contributed by atoms with E-state index in [4.69, 9.17) is 4.74 Å². The minimum atomic E-state index is -3.85. The maximum atomic E-state index is 13.4. The van der Waals surface area contributed by atoms with Crippen molar-refractivity contribution in [3.8, 4) is 0 Å². The zero-order chi connectivity index (χ0) is 22.9. The second-order valence-corrected chi connectivity index (χ2v) is 10.2. The lowest BCUT2D eigenvalue weighted by atomic mass is 10.1. The van der Waals surface area contributed by atoms with Crippen molar-refractivity contribution in [2.75, 3.05) is 16.2 Å². The number of carbonyl (C=O) groups excluding carboxylic acids is 2. The van der Waals surface area contributed by atoms with Gasteiger partial charge in [-0.25, -0.2) is 13.2 Å². The summed E-state index contributed by atoms with van der Waals surface area (Å²) in [6, 6.07) is 16.4. The lowest BCUT2D eigenvalue weighted by molar-refractivity contribution is 0.0532. The molecule has 0 saturated heterocycles. The summed E-state index contributed by atoms with van der Waals surface area (Å²) in [7, 11) is -3.85. The van der Waals surface area contributed by atoms with Crippen LogP contribution in [0.5, 0.6) is 0 Å². The molecular formula is C23H22N2O5S2. The molecule has 7 nitrogen and oxygen atoms in total. The molecule has 0 aliphatic carbocycles. The Labute approximate surface area is 190 Å². The van der Waals surface area contributed by atoms with Crippen LogP contribution in [0.2, 0.25) is 0 Å². The molecule has 1 aromatic heterocycles. The van der Waals surface area contributed by atoms with Gasteiger partial charge < -0.3 is 10.1 Å². The summed E-state index contributed by atoms with van der Waals surface area (Å²) in [6.45, 7) is 3.85. The van der Waals surface area contributed by atoms with Gasteiger partial charge in [0.2, 0.25) is 0 Å². The maximum Gasteiger partial charge on any atom is 0.348 e. The Balaban J connectivity index is 1.57. The van der Waals surface area contributed by atoms with Gasteiger partial charge in [-0.1, -0.05) is 24.3 Å². The van der Waals surface area contributed by atoms with Crippen molar-refractivity contribution in [1.82, 2.24) is 0 Å². The number of amides is 1. The minimum absolute atomic E-state index is 0.0482. The molecule has 4 rings (SSSR count). The quantitative estimate of drug-likeness (QED) is 0.542. The third kappa shape index (κ3) is 4.13. The molecule has 0 bridgehead atoms. The highest BCUT2D eigenvalue weighted by atomic mass is 32.2. The summed E-state index contributed by atoms with van der Waals surface area (Å²) in [5.74, 6) is -0.916. The number of para-hydroxylation sites is 1. The number of benzene rings is 2. The summed E-state index contributed by atoms with van der Waals surface area (Å²) >= 11 is 1.09. The zero-order valence-electron chi connectivity index (χ0n) is 17.6. The smallest absolute Gasteiger partial charge is 0.348 e. The first kappa shape index (κ1) is 22.0. The molecule has 166 valence electrons. The van der Waals surface area contributed by atoms with Gasteiger partial charge in [0.15, 0.2) is 0 Å². The molecule has 1 N–H and O–H groups in total. The SMILES string of the molecule is CCOC(=O)c1ccc(NC(=O)c2cccc(S(=O)(=O)N3c4ccccc4C[C@@H]3C)c2)s1. The Morgan fingerprint density at radius 1 is 1.12 bits per heavy atom. The van der Waals surface area contributed by atoms with E-state index in [9.17, 15) is 18.0 Å². The fourth-order valence-corrected chi connectivity index (χ4v) is 6.25. The van der Waals surface area contributed by atoms with Gasteiger partial charge in [-0.3, -0.25) is 9.10 Å². The Kier molecular flexibility index (Phi) is 6.03. The zero-order valence-corrected chi connectivity index (χ0v) is 19.2. The number of sulfonamides is 1. The van der Waals surface area contributed by atoms with Crippen molar-refractivity contribution in [2.24, 2.45) is 0 Å². The molecule has 9 heteroatoms. The molecule has 1 aliphatic rings. The van der Waals surface area contributed by atoms with Gasteiger partial charge in [-0.05, 0) is 62.2 Å². The van der Waals surface area contributed by atoms with Crippen LogP contribution in [-0.4, -0.2) is 32.9 Å². The normalized spacial score (nSPS) is 15.3. The standard InChI is InChI=1S/C23H22N2O5S2/c1-3-30-23(27)20-11-12-21(31-20)24-22(26)17-8-6-9-18(14-17)32(28,29)25-15(2)13-16-7-4-5-10-19(16)25/h4-12,14-15H,3,13H2,1-2H3,(H,24,26)/t15-/m0/s1. The fourth-order valence-electron chi connectivity index (χ4n) is 3.72. The molecule has 1 amide bonds. The Bertz CT molecular complexity index is 1280. The number of nitrogens with one attached hydrogen (secondary N) is 1. The second kappa shape index (κ2) is 8.76. The summed E-state index contributed by atoms with van der Waals surface area (Å²) < 4.78 is 33.2. The third-order valence-electron chi connectivity index (χ3n) is 5.12. The van der Waals surface area contributed by atoms with Crippen molar-refractivity contribution in [1.29, 1.82) is 0 Å². The number of ether oxygens (including phenoxy) is 1. The monoisotopic (exact) mass is 470 g/mol.